The Hall–Kier alpha value is -3.27. The van der Waals surface area contributed by atoms with Crippen molar-refractivity contribution in [1.82, 2.24) is 20.4 Å². The molecule has 3 rings (SSSR count). The van der Waals surface area contributed by atoms with Crippen LogP contribution < -0.4 is 30.2 Å². The SMILES string of the molecule is CCCC1CC(=O)NC(n2nc(C)cc2NC(=O)c2cc(OC)c(OC)c(OC)c2)N1. The number of aryl methyl sites for hydroxylation is 1. The van der Waals surface area contributed by atoms with Crippen molar-refractivity contribution in [2.75, 3.05) is 26.6 Å². The number of anilines is 1. The maximum absolute atomic E-state index is 13.0. The smallest absolute Gasteiger partial charge is 0.257 e. The van der Waals surface area contributed by atoms with Gasteiger partial charge in [-0.15, -0.1) is 0 Å². The number of ether oxygens (including phenoxy) is 3. The first-order valence-electron chi connectivity index (χ1n) is 10.1. The monoisotopic (exact) mass is 431 g/mol. The number of methoxy groups -OCH3 is 3. The lowest BCUT2D eigenvalue weighted by molar-refractivity contribution is -0.125. The lowest BCUT2D eigenvalue weighted by Gasteiger charge is -2.32. The molecule has 2 amide bonds. The van der Waals surface area contributed by atoms with Crippen molar-refractivity contribution < 1.29 is 23.8 Å². The van der Waals surface area contributed by atoms with Crippen LogP contribution in [0.3, 0.4) is 0 Å². The summed E-state index contributed by atoms with van der Waals surface area (Å²) >= 11 is 0. The van der Waals surface area contributed by atoms with Crippen molar-refractivity contribution >= 4 is 17.6 Å². The van der Waals surface area contributed by atoms with Gasteiger partial charge >= 0.3 is 0 Å². The predicted molar refractivity (Wildman–Crippen MR) is 115 cm³/mol. The number of rotatable bonds is 8. The van der Waals surface area contributed by atoms with Crippen molar-refractivity contribution in [2.45, 2.75) is 45.4 Å². The fraction of sp³-hybridized carbons (Fsp3) is 0.476. The minimum absolute atomic E-state index is 0.0481. The highest BCUT2D eigenvalue weighted by atomic mass is 16.5. The molecule has 1 fully saturated rings. The van der Waals surface area contributed by atoms with Crippen molar-refractivity contribution in [3.8, 4) is 17.2 Å². The maximum atomic E-state index is 13.0. The van der Waals surface area contributed by atoms with E-state index in [-0.39, 0.29) is 17.9 Å². The number of hydrogen-bond acceptors (Lipinski definition) is 7. The first-order valence-corrected chi connectivity index (χ1v) is 10.1. The van der Waals surface area contributed by atoms with Crippen LogP contribution in [0.4, 0.5) is 5.82 Å². The maximum Gasteiger partial charge on any atom is 0.257 e. The quantitative estimate of drug-likeness (QED) is 0.587. The molecule has 1 aromatic heterocycles. The third kappa shape index (κ3) is 4.91. The topological polar surface area (TPSA) is 116 Å². The molecule has 0 spiro atoms. The second-order valence-corrected chi connectivity index (χ2v) is 7.31. The van der Waals surface area contributed by atoms with Gasteiger partial charge in [-0.2, -0.15) is 5.10 Å². The zero-order chi connectivity index (χ0) is 22.5. The standard InChI is InChI=1S/C21H29N5O5/c1-6-7-14-11-18(27)24-21(22-14)26-17(8-12(2)25-26)23-20(28)13-9-15(29-3)19(31-5)16(10-13)30-4/h8-10,14,21-22H,6-7,11H2,1-5H3,(H,23,28)(H,24,27). The van der Waals surface area contributed by atoms with Crippen LogP contribution in [0.1, 0.15) is 48.5 Å². The van der Waals surface area contributed by atoms with Gasteiger partial charge in [0.1, 0.15) is 5.82 Å². The molecule has 1 saturated heterocycles. The first-order chi connectivity index (χ1) is 14.9. The normalized spacial score (nSPS) is 18.3. The molecule has 10 nitrogen and oxygen atoms in total. The van der Waals surface area contributed by atoms with Crippen LogP contribution in [0.15, 0.2) is 18.2 Å². The lowest BCUT2D eigenvalue weighted by Crippen LogP contribution is -2.53. The van der Waals surface area contributed by atoms with E-state index in [0.717, 1.165) is 12.8 Å². The number of hydrogen-bond donors (Lipinski definition) is 3. The van der Waals surface area contributed by atoms with E-state index < -0.39 is 6.29 Å². The van der Waals surface area contributed by atoms with E-state index in [1.807, 2.05) is 6.92 Å². The molecule has 10 heteroatoms. The Kier molecular flexibility index (Phi) is 7.01. The summed E-state index contributed by atoms with van der Waals surface area (Å²) in [6.45, 7) is 3.89. The van der Waals surface area contributed by atoms with Gasteiger partial charge in [-0.25, -0.2) is 4.68 Å². The molecular weight excluding hydrogens is 402 g/mol. The number of amides is 2. The molecule has 2 unspecified atom stereocenters. The number of nitrogens with zero attached hydrogens (tertiary/aromatic N) is 2. The van der Waals surface area contributed by atoms with Gasteiger partial charge in [-0.3, -0.25) is 14.9 Å². The third-order valence-electron chi connectivity index (χ3n) is 5.03. The molecule has 0 saturated carbocycles. The van der Waals surface area contributed by atoms with E-state index in [9.17, 15) is 9.59 Å². The van der Waals surface area contributed by atoms with Crippen LogP contribution in [0.25, 0.3) is 0 Å². The van der Waals surface area contributed by atoms with E-state index in [2.05, 4.69) is 28.0 Å². The fourth-order valence-corrected chi connectivity index (χ4v) is 3.63. The molecule has 0 aliphatic carbocycles. The summed E-state index contributed by atoms with van der Waals surface area (Å²) in [4.78, 5) is 25.2. The van der Waals surface area contributed by atoms with E-state index in [1.165, 1.54) is 21.3 Å². The Bertz CT molecular complexity index is 933. The zero-order valence-electron chi connectivity index (χ0n) is 18.4. The summed E-state index contributed by atoms with van der Waals surface area (Å²) in [5.74, 6) is 1.16. The largest absolute Gasteiger partial charge is 0.493 e. The van der Waals surface area contributed by atoms with Crippen molar-refractivity contribution in [3.63, 3.8) is 0 Å². The molecule has 1 aliphatic heterocycles. The van der Waals surface area contributed by atoms with Crippen molar-refractivity contribution in [3.05, 3.63) is 29.5 Å². The van der Waals surface area contributed by atoms with Gasteiger partial charge in [0.2, 0.25) is 11.7 Å². The molecular formula is C21H29N5O5. The van der Waals surface area contributed by atoms with E-state index in [1.54, 1.807) is 22.9 Å². The second kappa shape index (κ2) is 9.69. The minimum atomic E-state index is -0.554. The zero-order valence-corrected chi connectivity index (χ0v) is 18.4. The Morgan fingerprint density at radius 3 is 2.45 bits per heavy atom. The van der Waals surface area contributed by atoms with Gasteiger partial charge in [0.05, 0.1) is 27.0 Å². The minimum Gasteiger partial charge on any atom is -0.493 e. The number of carbonyl (C=O) groups excluding carboxylic acids is 2. The first kappa shape index (κ1) is 22.4. The summed E-state index contributed by atoms with van der Waals surface area (Å²) in [6.07, 6.45) is 1.69. The Morgan fingerprint density at radius 2 is 1.87 bits per heavy atom. The Morgan fingerprint density at radius 1 is 1.19 bits per heavy atom. The van der Waals surface area contributed by atoms with E-state index in [0.29, 0.717) is 40.7 Å². The van der Waals surface area contributed by atoms with Crippen molar-refractivity contribution in [1.29, 1.82) is 0 Å². The molecule has 168 valence electrons. The van der Waals surface area contributed by atoms with Crippen LogP contribution in [0.5, 0.6) is 17.2 Å². The van der Waals surface area contributed by atoms with E-state index >= 15 is 0 Å². The van der Waals surface area contributed by atoms with Crippen molar-refractivity contribution in [2.24, 2.45) is 0 Å². The number of carbonyl (C=O) groups is 2. The average molecular weight is 431 g/mol. The molecule has 1 aromatic carbocycles. The number of benzene rings is 1. The molecule has 2 heterocycles. The molecule has 31 heavy (non-hydrogen) atoms. The van der Waals surface area contributed by atoms with E-state index in [4.69, 9.17) is 14.2 Å². The Labute approximate surface area is 181 Å². The molecule has 0 radical (unpaired) electrons. The highest BCUT2D eigenvalue weighted by molar-refractivity contribution is 6.04. The van der Waals surface area contributed by atoms with Gasteiger partial charge in [-0.05, 0) is 25.5 Å². The summed E-state index contributed by atoms with van der Waals surface area (Å²) in [6, 6.07) is 4.93. The predicted octanol–water partition coefficient (Wildman–Crippen LogP) is 2.20. The number of aromatic nitrogens is 2. The molecule has 3 N–H and O–H groups in total. The fourth-order valence-electron chi connectivity index (χ4n) is 3.63. The summed E-state index contributed by atoms with van der Waals surface area (Å²) in [5, 5.41) is 13.6. The molecule has 2 aromatic rings. The summed E-state index contributed by atoms with van der Waals surface area (Å²) in [7, 11) is 4.47. The van der Waals surface area contributed by atoms with Crippen LogP contribution in [-0.2, 0) is 4.79 Å². The van der Waals surface area contributed by atoms with Gasteiger partial charge in [0.15, 0.2) is 17.8 Å². The second-order valence-electron chi connectivity index (χ2n) is 7.31. The Balaban J connectivity index is 1.87. The lowest BCUT2D eigenvalue weighted by atomic mass is 10.1. The van der Waals surface area contributed by atoms with Crippen LogP contribution in [0, 0.1) is 6.92 Å². The molecule has 0 bridgehead atoms. The highest BCUT2D eigenvalue weighted by Crippen LogP contribution is 2.38. The summed E-state index contributed by atoms with van der Waals surface area (Å²) in [5.41, 5.74) is 1.03. The molecule has 1 aliphatic rings. The van der Waals surface area contributed by atoms with Gasteiger partial charge < -0.3 is 24.8 Å². The van der Waals surface area contributed by atoms with Crippen LogP contribution in [-0.4, -0.2) is 49.0 Å². The average Bonchev–Trinajstić information content (AvgIpc) is 3.12. The number of nitrogens with one attached hydrogen (secondary N) is 3. The van der Waals surface area contributed by atoms with Gasteiger partial charge in [0.25, 0.3) is 5.91 Å². The van der Waals surface area contributed by atoms with Crippen LogP contribution in [0.2, 0.25) is 0 Å². The van der Waals surface area contributed by atoms with Gasteiger partial charge in [-0.1, -0.05) is 13.3 Å². The molecule has 2 atom stereocenters. The van der Waals surface area contributed by atoms with Crippen LogP contribution >= 0.6 is 0 Å². The van der Waals surface area contributed by atoms with Gasteiger partial charge in [0, 0.05) is 24.1 Å². The highest BCUT2D eigenvalue weighted by Gasteiger charge is 2.29. The third-order valence-corrected chi connectivity index (χ3v) is 5.03. The summed E-state index contributed by atoms with van der Waals surface area (Å²) < 4.78 is 17.5.